The van der Waals surface area contributed by atoms with Crippen LogP contribution < -0.4 is 20.3 Å². The summed E-state index contributed by atoms with van der Waals surface area (Å²) < 4.78 is 5.19. The van der Waals surface area contributed by atoms with Gasteiger partial charge in [0, 0.05) is 51.4 Å². The maximum atomic E-state index is 12.6. The Bertz CT molecular complexity index is 831. The molecule has 1 saturated heterocycles. The molecular formula is C24H33N5O2. The average molecular weight is 424 g/mol. The van der Waals surface area contributed by atoms with Crippen molar-refractivity contribution in [3.63, 3.8) is 0 Å². The summed E-state index contributed by atoms with van der Waals surface area (Å²) in [6, 6.07) is 18.2. The average Bonchev–Trinajstić information content (AvgIpc) is 2.83. The van der Waals surface area contributed by atoms with E-state index in [-0.39, 0.29) is 5.91 Å². The number of nitrogens with one attached hydrogen (secondary N) is 2. The third-order valence-electron chi connectivity index (χ3n) is 5.31. The van der Waals surface area contributed by atoms with Crippen LogP contribution >= 0.6 is 0 Å². The van der Waals surface area contributed by atoms with E-state index in [1.165, 1.54) is 5.69 Å². The standard InChI is InChI=1S/C24H33N5O2/c1-3-25-24(27-19-20-9-11-22(31-2)12-10-20)26-14-13-23(30)29-17-15-28(16-18-29)21-7-5-4-6-8-21/h4-12H,3,13-19H2,1-2H3,(H2,25,26,27). The van der Waals surface area contributed by atoms with Crippen LogP contribution in [0.5, 0.6) is 5.75 Å². The molecule has 0 bridgehead atoms. The number of benzene rings is 2. The maximum Gasteiger partial charge on any atom is 0.224 e. The number of anilines is 1. The maximum absolute atomic E-state index is 12.6. The van der Waals surface area contributed by atoms with E-state index in [0.717, 1.165) is 50.0 Å². The number of rotatable bonds is 8. The minimum absolute atomic E-state index is 0.186. The molecule has 0 aromatic heterocycles. The SMILES string of the molecule is CCNC(=NCc1ccc(OC)cc1)NCCC(=O)N1CCN(c2ccccc2)CC1. The zero-order valence-electron chi connectivity index (χ0n) is 18.5. The smallest absolute Gasteiger partial charge is 0.224 e. The number of carbonyl (C=O) groups is 1. The fourth-order valence-electron chi connectivity index (χ4n) is 3.54. The molecule has 2 aromatic carbocycles. The fourth-order valence-corrected chi connectivity index (χ4v) is 3.54. The molecule has 0 aliphatic carbocycles. The minimum Gasteiger partial charge on any atom is -0.497 e. The quantitative estimate of drug-likeness (QED) is 0.504. The highest BCUT2D eigenvalue weighted by Gasteiger charge is 2.20. The number of aliphatic imine (C=N–C) groups is 1. The lowest BCUT2D eigenvalue weighted by atomic mass is 10.2. The van der Waals surface area contributed by atoms with Crippen molar-refractivity contribution in [1.82, 2.24) is 15.5 Å². The second-order valence-electron chi connectivity index (χ2n) is 7.42. The monoisotopic (exact) mass is 423 g/mol. The van der Waals surface area contributed by atoms with Crippen LogP contribution in [-0.2, 0) is 11.3 Å². The Morgan fingerprint density at radius 1 is 1.00 bits per heavy atom. The summed E-state index contributed by atoms with van der Waals surface area (Å²) >= 11 is 0. The van der Waals surface area contributed by atoms with Crippen molar-refractivity contribution in [1.29, 1.82) is 0 Å². The number of piperazine rings is 1. The molecule has 1 heterocycles. The zero-order valence-corrected chi connectivity index (χ0v) is 18.5. The molecule has 7 heteroatoms. The van der Waals surface area contributed by atoms with Gasteiger partial charge in [-0.05, 0) is 36.8 Å². The lowest BCUT2D eigenvalue weighted by Crippen LogP contribution is -2.49. The number of amides is 1. The van der Waals surface area contributed by atoms with Crippen molar-refractivity contribution in [3.05, 3.63) is 60.2 Å². The molecule has 1 amide bonds. The van der Waals surface area contributed by atoms with Crippen LogP contribution in [0.2, 0.25) is 0 Å². The van der Waals surface area contributed by atoms with Gasteiger partial charge in [-0.25, -0.2) is 4.99 Å². The number of carbonyl (C=O) groups excluding carboxylic acids is 1. The minimum atomic E-state index is 0.186. The lowest BCUT2D eigenvalue weighted by molar-refractivity contribution is -0.131. The van der Waals surface area contributed by atoms with E-state index in [4.69, 9.17) is 4.74 Å². The summed E-state index contributed by atoms with van der Waals surface area (Å²) in [7, 11) is 1.66. The van der Waals surface area contributed by atoms with Gasteiger partial charge in [-0.2, -0.15) is 0 Å². The molecular weight excluding hydrogens is 390 g/mol. The molecule has 1 fully saturated rings. The number of hydrogen-bond donors (Lipinski definition) is 2. The highest BCUT2D eigenvalue weighted by molar-refractivity contribution is 5.81. The Morgan fingerprint density at radius 3 is 2.35 bits per heavy atom. The van der Waals surface area contributed by atoms with Gasteiger partial charge < -0.3 is 25.2 Å². The van der Waals surface area contributed by atoms with Crippen molar-refractivity contribution in [3.8, 4) is 5.75 Å². The summed E-state index contributed by atoms with van der Waals surface area (Å²) in [6.07, 6.45) is 0.457. The van der Waals surface area contributed by atoms with E-state index in [1.807, 2.05) is 42.2 Å². The van der Waals surface area contributed by atoms with Gasteiger partial charge in [0.1, 0.15) is 5.75 Å². The Labute approximate surface area is 185 Å². The zero-order chi connectivity index (χ0) is 21.9. The van der Waals surface area contributed by atoms with Gasteiger partial charge in [-0.1, -0.05) is 30.3 Å². The van der Waals surface area contributed by atoms with Gasteiger partial charge in [0.2, 0.25) is 5.91 Å². The van der Waals surface area contributed by atoms with E-state index in [2.05, 4.69) is 44.8 Å². The first-order valence-corrected chi connectivity index (χ1v) is 10.9. The van der Waals surface area contributed by atoms with Crippen molar-refractivity contribution in [2.75, 3.05) is 51.3 Å². The van der Waals surface area contributed by atoms with Crippen molar-refractivity contribution >= 4 is 17.6 Å². The van der Waals surface area contributed by atoms with Crippen LogP contribution in [-0.4, -0.2) is 63.1 Å². The molecule has 1 aliphatic heterocycles. The molecule has 0 spiro atoms. The number of nitrogens with zero attached hydrogens (tertiary/aromatic N) is 3. The Hall–Kier alpha value is -3.22. The predicted molar refractivity (Wildman–Crippen MR) is 126 cm³/mol. The Balaban J connectivity index is 1.42. The number of methoxy groups -OCH3 is 1. The van der Waals surface area contributed by atoms with Gasteiger partial charge in [0.15, 0.2) is 5.96 Å². The van der Waals surface area contributed by atoms with E-state index in [1.54, 1.807) is 7.11 Å². The van der Waals surface area contributed by atoms with Gasteiger partial charge in [0.25, 0.3) is 0 Å². The van der Waals surface area contributed by atoms with Crippen LogP contribution in [0.1, 0.15) is 18.9 Å². The Morgan fingerprint density at radius 2 is 1.71 bits per heavy atom. The summed E-state index contributed by atoms with van der Waals surface area (Å²) in [6.45, 7) is 7.19. The molecule has 2 N–H and O–H groups in total. The highest BCUT2D eigenvalue weighted by atomic mass is 16.5. The van der Waals surface area contributed by atoms with Gasteiger partial charge >= 0.3 is 0 Å². The summed E-state index contributed by atoms with van der Waals surface area (Å²) in [4.78, 5) is 21.5. The number of ether oxygens (including phenoxy) is 1. The van der Waals surface area contributed by atoms with Crippen LogP contribution in [0, 0.1) is 0 Å². The van der Waals surface area contributed by atoms with Crippen molar-refractivity contribution in [2.24, 2.45) is 4.99 Å². The normalized spacial score (nSPS) is 14.3. The van der Waals surface area contributed by atoms with Crippen molar-refractivity contribution in [2.45, 2.75) is 19.9 Å². The van der Waals surface area contributed by atoms with E-state index >= 15 is 0 Å². The molecule has 0 unspecified atom stereocenters. The summed E-state index contributed by atoms with van der Waals surface area (Å²) in [5.74, 6) is 1.74. The largest absolute Gasteiger partial charge is 0.497 e. The fraction of sp³-hybridized carbons (Fsp3) is 0.417. The number of guanidine groups is 1. The van der Waals surface area contributed by atoms with Crippen molar-refractivity contribution < 1.29 is 9.53 Å². The van der Waals surface area contributed by atoms with Gasteiger partial charge in [0.05, 0.1) is 13.7 Å². The molecule has 2 aromatic rings. The first kappa shape index (κ1) is 22.5. The third-order valence-corrected chi connectivity index (χ3v) is 5.31. The second kappa shape index (κ2) is 11.8. The summed E-state index contributed by atoms with van der Waals surface area (Å²) in [5.41, 5.74) is 2.32. The van der Waals surface area contributed by atoms with Gasteiger partial charge in [-0.15, -0.1) is 0 Å². The first-order chi connectivity index (χ1) is 15.2. The Kier molecular flexibility index (Phi) is 8.58. The molecule has 166 valence electrons. The van der Waals surface area contributed by atoms with Gasteiger partial charge in [-0.3, -0.25) is 4.79 Å². The van der Waals surface area contributed by atoms with E-state index < -0.39 is 0 Å². The summed E-state index contributed by atoms with van der Waals surface area (Å²) in [5, 5.41) is 6.51. The third kappa shape index (κ3) is 6.91. The first-order valence-electron chi connectivity index (χ1n) is 10.9. The number of hydrogen-bond acceptors (Lipinski definition) is 4. The molecule has 1 aliphatic rings. The molecule has 7 nitrogen and oxygen atoms in total. The van der Waals surface area contributed by atoms with Crippen LogP contribution in [0.4, 0.5) is 5.69 Å². The van der Waals surface area contributed by atoms with Crippen LogP contribution in [0.3, 0.4) is 0 Å². The molecule has 3 rings (SSSR count). The molecule has 0 radical (unpaired) electrons. The molecule has 31 heavy (non-hydrogen) atoms. The van der Waals surface area contributed by atoms with Crippen LogP contribution in [0.15, 0.2) is 59.6 Å². The predicted octanol–water partition coefficient (Wildman–Crippen LogP) is 2.49. The van der Waals surface area contributed by atoms with Crippen LogP contribution in [0.25, 0.3) is 0 Å². The second-order valence-corrected chi connectivity index (χ2v) is 7.42. The highest BCUT2D eigenvalue weighted by Crippen LogP contribution is 2.16. The molecule has 0 saturated carbocycles. The molecule has 0 atom stereocenters. The number of para-hydroxylation sites is 1. The van der Waals surface area contributed by atoms with E-state index in [9.17, 15) is 4.79 Å². The van der Waals surface area contributed by atoms with E-state index in [0.29, 0.717) is 19.5 Å². The topological polar surface area (TPSA) is 69.2 Å². The lowest BCUT2D eigenvalue weighted by Gasteiger charge is -2.36.